The first-order valence-electron chi connectivity index (χ1n) is 6.85. The molecule has 0 aromatic rings. The van der Waals surface area contributed by atoms with Crippen molar-refractivity contribution in [3.05, 3.63) is 0 Å². The van der Waals surface area contributed by atoms with E-state index in [-0.39, 0.29) is 12.0 Å². The van der Waals surface area contributed by atoms with E-state index in [1.54, 1.807) is 7.11 Å². The maximum Gasteiger partial charge on any atom is 0.236 e. The second-order valence-electron chi connectivity index (χ2n) is 5.13. The molecule has 1 saturated carbocycles. The van der Waals surface area contributed by atoms with Crippen LogP contribution in [0.25, 0.3) is 0 Å². The minimum absolute atomic E-state index is 0.253. The smallest absolute Gasteiger partial charge is 0.236 e. The van der Waals surface area contributed by atoms with Gasteiger partial charge in [-0.15, -0.1) is 0 Å². The fraction of sp³-hybridized carbons (Fsp3) is 0.923. The van der Waals surface area contributed by atoms with E-state index in [0.29, 0.717) is 12.6 Å². The molecule has 0 bridgehead atoms. The summed E-state index contributed by atoms with van der Waals surface area (Å²) >= 11 is 0. The third kappa shape index (κ3) is 3.42. The van der Waals surface area contributed by atoms with Gasteiger partial charge < -0.3 is 15.0 Å². The van der Waals surface area contributed by atoms with E-state index < -0.39 is 0 Å². The summed E-state index contributed by atoms with van der Waals surface area (Å²) in [5.41, 5.74) is 0. The predicted molar refractivity (Wildman–Crippen MR) is 66.9 cm³/mol. The summed E-state index contributed by atoms with van der Waals surface area (Å²) in [6.07, 6.45) is 7.35. The van der Waals surface area contributed by atoms with Crippen LogP contribution < -0.4 is 5.32 Å². The molecule has 1 heterocycles. The minimum Gasteiger partial charge on any atom is -0.380 e. The average Bonchev–Trinajstić information content (AvgIpc) is 2.90. The van der Waals surface area contributed by atoms with Crippen LogP contribution in [-0.2, 0) is 9.53 Å². The molecule has 1 aliphatic heterocycles. The largest absolute Gasteiger partial charge is 0.380 e. The van der Waals surface area contributed by atoms with Crippen molar-refractivity contribution in [2.45, 2.75) is 50.7 Å². The number of ether oxygens (including phenoxy) is 1. The van der Waals surface area contributed by atoms with Crippen molar-refractivity contribution in [2.24, 2.45) is 0 Å². The molecule has 0 aromatic carbocycles. The van der Waals surface area contributed by atoms with Crippen LogP contribution in [-0.4, -0.2) is 49.7 Å². The second kappa shape index (κ2) is 6.36. The zero-order chi connectivity index (χ0) is 12.1. The maximum absolute atomic E-state index is 11.9. The monoisotopic (exact) mass is 240 g/mol. The lowest BCUT2D eigenvalue weighted by molar-refractivity contribution is -0.129. The summed E-state index contributed by atoms with van der Waals surface area (Å²) in [5.74, 6) is 0.253. The van der Waals surface area contributed by atoms with Gasteiger partial charge in [0.25, 0.3) is 0 Å². The average molecular weight is 240 g/mol. The summed E-state index contributed by atoms with van der Waals surface area (Å²) in [7, 11) is 1.77. The highest BCUT2D eigenvalue weighted by molar-refractivity contribution is 5.78. The first-order chi connectivity index (χ1) is 8.31. The number of hydrogen-bond donors (Lipinski definition) is 1. The van der Waals surface area contributed by atoms with Crippen molar-refractivity contribution >= 4 is 5.91 Å². The third-order valence-corrected chi connectivity index (χ3v) is 3.98. The van der Waals surface area contributed by atoms with E-state index in [4.69, 9.17) is 4.74 Å². The Hall–Kier alpha value is -0.610. The van der Waals surface area contributed by atoms with Gasteiger partial charge in [-0.2, -0.15) is 0 Å². The van der Waals surface area contributed by atoms with Crippen LogP contribution in [0.15, 0.2) is 0 Å². The van der Waals surface area contributed by atoms with Gasteiger partial charge in [-0.3, -0.25) is 4.79 Å². The molecule has 2 aliphatic rings. The molecule has 1 N–H and O–H groups in total. The van der Waals surface area contributed by atoms with Crippen molar-refractivity contribution in [3.63, 3.8) is 0 Å². The fourth-order valence-electron chi connectivity index (χ4n) is 2.91. The van der Waals surface area contributed by atoms with Gasteiger partial charge in [-0.1, -0.05) is 12.8 Å². The van der Waals surface area contributed by atoms with Gasteiger partial charge in [0.05, 0.1) is 12.6 Å². The van der Waals surface area contributed by atoms with E-state index >= 15 is 0 Å². The number of nitrogens with zero attached hydrogens (tertiary/aromatic N) is 1. The molecular formula is C13H24N2O2. The minimum atomic E-state index is 0.253. The Morgan fingerprint density at radius 1 is 1.24 bits per heavy atom. The van der Waals surface area contributed by atoms with Gasteiger partial charge in [0.15, 0.2) is 0 Å². The molecule has 17 heavy (non-hydrogen) atoms. The summed E-state index contributed by atoms with van der Waals surface area (Å²) in [6, 6.07) is 0.361. The quantitative estimate of drug-likeness (QED) is 0.801. The number of likely N-dealkylation sites (tertiary alicyclic amines) is 1. The number of amides is 1. The van der Waals surface area contributed by atoms with Crippen molar-refractivity contribution in [2.75, 3.05) is 26.7 Å². The third-order valence-electron chi connectivity index (χ3n) is 3.98. The lowest BCUT2D eigenvalue weighted by Gasteiger charge is -2.31. The fourth-order valence-corrected chi connectivity index (χ4v) is 2.91. The highest BCUT2D eigenvalue weighted by atomic mass is 16.5. The number of hydrogen-bond acceptors (Lipinski definition) is 3. The molecule has 2 fully saturated rings. The molecule has 4 nitrogen and oxygen atoms in total. The Balaban J connectivity index is 1.74. The zero-order valence-corrected chi connectivity index (χ0v) is 10.8. The Morgan fingerprint density at radius 3 is 2.65 bits per heavy atom. The maximum atomic E-state index is 11.9. The molecule has 0 spiro atoms. The van der Waals surface area contributed by atoms with Crippen LogP contribution in [0.4, 0.5) is 0 Å². The first kappa shape index (κ1) is 12.8. The topological polar surface area (TPSA) is 41.6 Å². The molecule has 2 atom stereocenters. The summed E-state index contributed by atoms with van der Waals surface area (Å²) in [4.78, 5) is 13.9. The van der Waals surface area contributed by atoms with Crippen LogP contribution in [0, 0.1) is 0 Å². The second-order valence-corrected chi connectivity index (χ2v) is 5.13. The Kier molecular flexibility index (Phi) is 4.80. The van der Waals surface area contributed by atoms with Crippen molar-refractivity contribution in [1.29, 1.82) is 0 Å². The lowest BCUT2D eigenvalue weighted by Crippen LogP contribution is -2.47. The molecule has 98 valence electrons. The van der Waals surface area contributed by atoms with Gasteiger partial charge in [0.2, 0.25) is 5.91 Å². The van der Waals surface area contributed by atoms with Crippen LogP contribution in [0.1, 0.15) is 38.5 Å². The number of methoxy groups -OCH3 is 1. The lowest BCUT2D eigenvalue weighted by atomic mass is 9.92. The molecule has 1 amide bonds. The highest BCUT2D eigenvalue weighted by Gasteiger charge is 2.26. The molecule has 1 saturated heterocycles. The number of rotatable bonds is 4. The van der Waals surface area contributed by atoms with E-state index in [9.17, 15) is 4.79 Å². The number of nitrogens with one attached hydrogen (secondary N) is 1. The molecule has 2 rings (SSSR count). The number of carbonyl (C=O) groups excluding carboxylic acids is 1. The van der Waals surface area contributed by atoms with Crippen LogP contribution >= 0.6 is 0 Å². The predicted octanol–water partition coefficient (Wildman–Crippen LogP) is 1.16. The molecule has 0 aromatic heterocycles. The van der Waals surface area contributed by atoms with Gasteiger partial charge in [0, 0.05) is 26.2 Å². The van der Waals surface area contributed by atoms with Gasteiger partial charge in [-0.05, 0) is 25.7 Å². The molecular weight excluding hydrogens is 216 g/mol. The normalized spacial score (nSPS) is 29.6. The van der Waals surface area contributed by atoms with Crippen LogP contribution in [0.3, 0.4) is 0 Å². The Labute approximate surface area is 104 Å². The van der Waals surface area contributed by atoms with E-state index in [1.807, 2.05) is 4.90 Å². The first-order valence-corrected chi connectivity index (χ1v) is 6.85. The Morgan fingerprint density at radius 2 is 1.94 bits per heavy atom. The summed E-state index contributed by atoms with van der Waals surface area (Å²) < 4.78 is 5.47. The molecule has 1 aliphatic carbocycles. The van der Waals surface area contributed by atoms with Crippen molar-refractivity contribution in [1.82, 2.24) is 10.2 Å². The molecule has 4 heteroatoms. The Bertz CT molecular complexity index is 252. The summed E-state index contributed by atoms with van der Waals surface area (Å²) in [5, 5.41) is 3.38. The van der Waals surface area contributed by atoms with Crippen LogP contribution in [0.5, 0.6) is 0 Å². The van der Waals surface area contributed by atoms with E-state index in [1.165, 1.54) is 12.8 Å². The number of carbonyl (C=O) groups is 1. The highest BCUT2D eigenvalue weighted by Crippen LogP contribution is 2.20. The van der Waals surface area contributed by atoms with Gasteiger partial charge >= 0.3 is 0 Å². The van der Waals surface area contributed by atoms with Crippen LogP contribution in [0.2, 0.25) is 0 Å². The molecule has 2 unspecified atom stereocenters. The van der Waals surface area contributed by atoms with Gasteiger partial charge in [0.1, 0.15) is 0 Å². The van der Waals surface area contributed by atoms with E-state index in [2.05, 4.69) is 5.32 Å². The standard InChI is InChI=1S/C13H24N2O2/c1-17-12-7-3-2-6-11(12)14-10-13(16)15-8-4-5-9-15/h11-12,14H,2-10H2,1H3. The van der Waals surface area contributed by atoms with Crippen molar-refractivity contribution < 1.29 is 9.53 Å². The summed E-state index contributed by atoms with van der Waals surface area (Å²) in [6.45, 7) is 2.36. The zero-order valence-electron chi connectivity index (χ0n) is 10.8. The van der Waals surface area contributed by atoms with Gasteiger partial charge in [-0.25, -0.2) is 0 Å². The molecule has 0 radical (unpaired) electrons. The SMILES string of the molecule is COC1CCCCC1NCC(=O)N1CCCC1. The van der Waals surface area contributed by atoms with E-state index in [0.717, 1.165) is 38.8 Å². The van der Waals surface area contributed by atoms with Crippen molar-refractivity contribution in [3.8, 4) is 0 Å².